The molecular weight excluding hydrogens is 467 g/mol. The second kappa shape index (κ2) is 11.4. The SMILES string of the molecule is CCNC(=NCc1cc2ccccc2[nH]1)NCCOc1ccc(OC)cc1.I. The average molecular weight is 494 g/mol. The molecule has 3 N–H and O–H groups in total. The first-order chi connectivity index (χ1) is 13.3. The average Bonchev–Trinajstić information content (AvgIpc) is 3.12. The van der Waals surface area contributed by atoms with Crippen molar-refractivity contribution < 1.29 is 9.47 Å². The maximum atomic E-state index is 5.73. The number of guanidine groups is 1. The number of halogens is 1. The summed E-state index contributed by atoms with van der Waals surface area (Å²) in [4.78, 5) is 8.03. The fraction of sp³-hybridized carbons (Fsp3) is 0.286. The molecule has 0 radical (unpaired) electrons. The van der Waals surface area contributed by atoms with Crippen molar-refractivity contribution in [3.05, 3.63) is 60.3 Å². The lowest BCUT2D eigenvalue weighted by atomic mass is 10.2. The first-order valence-electron chi connectivity index (χ1n) is 9.14. The molecule has 0 aliphatic rings. The Balaban J connectivity index is 0.00000280. The number of hydrogen-bond acceptors (Lipinski definition) is 3. The van der Waals surface area contributed by atoms with Crippen LogP contribution in [0.5, 0.6) is 11.5 Å². The first kappa shape index (κ1) is 21.9. The molecule has 0 aliphatic heterocycles. The van der Waals surface area contributed by atoms with Crippen molar-refractivity contribution >= 4 is 40.8 Å². The van der Waals surface area contributed by atoms with Gasteiger partial charge in [-0.3, -0.25) is 0 Å². The van der Waals surface area contributed by atoms with Gasteiger partial charge < -0.3 is 25.1 Å². The van der Waals surface area contributed by atoms with E-state index in [1.54, 1.807) is 7.11 Å². The molecule has 1 heterocycles. The molecule has 0 saturated heterocycles. The largest absolute Gasteiger partial charge is 0.497 e. The number of aromatic amines is 1. The molecule has 150 valence electrons. The summed E-state index contributed by atoms with van der Waals surface area (Å²) in [7, 11) is 1.65. The van der Waals surface area contributed by atoms with E-state index in [-0.39, 0.29) is 24.0 Å². The number of benzene rings is 2. The molecule has 7 heteroatoms. The molecule has 28 heavy (non-hydrogen) atoms. The van der Waals surface area contributed by atoms with Gasteiger partial charge in [0.2, 0.25) is 0 Å². The van der Waals surface area contributed by atoms with Crippen molar-refractivity contribution in [2.45, 2.75) is 13.5 Å². The van der Waals surface area contributed by atoms with Crippen molar-refractivity contribution in [2.24, 2.45) is 4.99 Å². The van der Waals surface area contributed by atoms with Crippen LogP contribution in [0.4, 0.5) is 0 Å². The Labute approximate surface area is 182 Å². The van der Waals surface area contributed by atoms with Crippen LogP contribution in [0.25, 0.3) is 10.9 Å². The third-order valence-corrected chi connectivity index (χ3v) is 4.06. The van der Waals surface area contributed by atoms with Gasteiger partial charge in [0.25, 0.3) is 0 Å². The second-order valence-electron chi connectivity index (χ2n) is 6.03. The molecule has 0 spiro atoms. The second-order valence-corrected chi connectivity index (χ2v) is 6.03. The summed E-state index contributed by atoms with van der Waals surface area (Å²) in [5, 5.41) is 7.75. The van der Waals surface area contributed by atoms with Gasteiger partial charge in [0.1, 0.15) is 18.1 Å². The van der Waals surface area contributed by atoms with Crippen molar-refractivity contribution in [2.75, 3.05) is 26.8 Å². The number of H-pyrrole nitrogens is 1. The van der Waals surface area contributed by atoms with E-state index in [4.69, 9.17) is 9.47 Å². The highest BCUT2D eigenvalue weighted by atomic mass is 127. The minimum atomic E-state index is 0. The zero-order valence-electron chi connectivity index (χ0n) is 16.2. The van der Waals surface area contributed by atoms with Crippen LogP contribution in [-0.4, -0.2) is 37.7 Å². The minimum absolute atomic E-state index is 0. The standard InChI is InChI=1S/C21H26N4O2.HI/c1-3-22-21(23-12-13-27-19-10-8-18(26-2)9-11-19)24-15-17-14-16-6-4-5-7-20(16)25-17;/h4-11,14,25H,3,12-13,15H2,1-2H3,(H2,22,23,24);1H. The summed E-state index contributed by atoms with van der Waals surface area (Å²) in [5.74, 6) is 2.41. The normalized spacial score (nSPS) is 11.0. The smallest absolute Gasteiger partial charge is 0.191 e. The number of methoxy groups -OCH3 is 1. The zero-order chi connectivity index (χ0) is 18.9. The molecule has 0 aliphatic carbocycles. The lowest BCUT2D eigenvalue weighted by Gasteiger charge is -2.12. The number of ether oxygens (including phenoxy) is 2. The fourth-order valence-electron chi connectivity index (χ4n) is 2.73. The number of rotatable bonds is 8. The Kier molecular flexibility index (Phi) is 8.93. The van der Waals surface area contributed by atoms with E-state index in [0.717, 1.165) is 35.2 Å². The van der Waals surface area contributed by atoms with Crippen molar-refractivity contribution in [3.63, 3.8) is 0 Å². The number of hydrogen-bond donors (Lipinski definition) is 3. The zero-order valence-corrected chi connectivity index (χ0v) is 18.5. The van der Waals surface area contributed by atoms with E-state index in [0.29, 0.717) is 19.7 Å². The topological polar surface area (TPSA) is 70.7 Å². The first-order valence-corrected chi connectivity index (χ1v) is 9.14. The van der Waals surface area contributed by atoms with Gasteiger partial charge in [-0.15, -0.1) is 24.0 Å². The van der Waals surface area contributed by atoms with Gasteiger partial charge in [0, 0.05) is 17.8 Å². The molecule has 0 unspecified atom stereocenters. The molecule has 3 aromatic rings. The Hall–Kier alpha value is -2.42. The number of nitrogens with one attached hydrogen (secondary N) is 3. The number of aliphatic imine (C=N–C) groups is 1. The molecule has 2 aromatic carbocycles. The van der Waals surface area contributed by atoms with Crippen LogP contribution in [0.1, 0.15) is 12.6 Å². The highest BCUT2D eigenvalue weighted by Crippen LogP contribution is 2.17. The lowest BCUT2D eigenvalue weighted by molar-refractivity contribution is 0.321. The summed E-state index contributed by atoms with van der Waals surface area (Å²) >= 11 is 0. The fourth-order valence-corrected chi connectivity index (χ4v) is 2.73. The minimum Gasteiger partial charge on any atom is -0.497 e. The van der Waals surface area contributed by atoms with Gasteiger partial charge in [0.05, 0.1) is 20.2 Å². The van der Waals surface area contributed by atoms with Crippen molar-refractivity contribution in [3.8, 4) is 11.5 Å². The number of fused-ring (bicyclic) bond motifs is 1. The molecule has 0 bridgehead atoms. The predicted octanol–water partition coefficient (Wildman–Crippen LogP) is 3.93. The maximum absolute atomic E-state index is 5.73. The predicted molar refractivity (Wildman–Crippen MR) is 125 cm³/mol. The highest BCUT2D eigenvalue weighted by Gasteiger charge is 2.01. The van der Waals surface area contributed by atoms with Crippen LogP contribution in [-0.2, 0) is 6.54 Å². The summed E-state index contributed by atoms with van der Waals surface area (Å²) in [6.07, 6.45) is 0. The Morgan fingerprint density at radius 2 is 1.79 bits per heavy atom. The van der Waals surface area contributed by atoms with Gasteiger partial charge >= 0.3 is 0 Å². The van der Waals surface area contributed by atoms with E-state index in [9.17, 15) is 0 Å². The monoisotopic (exact) mass is 494 g/mol. The molecule has 0 atom stereocenters. The summed E-state index contributed by atoms with van der Waals surface area (Å²) in [6, 6.07) is 17.9. The third-order valence-electron chi connectivity index (χ3n) is 4.06. The Bertz CT molecular complexity index is 845. The third kappa shape index (κ3) is 6.33. The molecule has 0 saturated carbocycles. The van der Waals surface area contributed by atoms with Crippen LogP contribution < -0.4 is 20.1 Å². The number of aromatic nitrogens is 1. The number of para-hydroxylation sites is 1. The maximum Gasteiger partial charge on any atom is 0.191 e. The van der Waals surface area contributed by atoms with Crippen LogP contribution in [0.2, 0.25) is 0 Å². The molecule has 1 aromatic heterocycles. The van der Waals surface area contributed by atoms with Crippen molar-refractivity contribution in [1.82, 2.24) is 15.6 Å². The Morgan fingerprint density at radius 1 is 1.04 bits per heavy atom. The van der Waals surface area contributed by atoms with Crippen LogP contribution in [0, 0.1) is 0 Å². The molecule has 0 amide bonds. The van der Waals surface area contributed by atoms with Gasteiger partial charge in [-0.05, 0) is 48.7 Å². The summed E-state index contributed by atoms with van der Waals surface area (Å²) < 4.78 is 10.9. The highest BCUT2D eigenvalue weighted by molar-refractivity contribution is 14.0. The van der Waals surface area contributed by atoms with Crippen LogP contribution in [0.15, 0.2) is 59.6 Å². The summed E-state index contributed by atoms with van der Waals surface area (Å²) in [6.45, 7) is 4.64. The van der Waals surface area contributed by atoms with E-state index in [2.05, 4.69) is 38.8 Å². The van der Waals surface area contributed by atoms with E-state index in [1.807, 2.05) is 43.3 Å². The van der Waals surface area contributed by atoms with Gasteiger partial charge in [-0.2, -0.15) is 0 Å². The molecule has 6 nitrogen and oxygen atoms in total. The van der Waals surface area contributed by atoms with Crippen LogP contribution in [0.3, 0.4) is 0 Å². The lowest BCUT2D eigenvalue weighted by Crippen LogP contribution is -2.39. The molecule has 3 rings (SSSR count). The van der Waals surface area contributed by atoms with E-state index in [1.165, 1.54) is 5.39 Å². The van der Waals surface area contributed by atoms with Crippen LogP contribution >= 0.6 is 24.0 Å². The molecule has 0 fully saturated rings. The molecular formula is C21H27IN4O2. The van der Waals surface area contributed by atoms with Gasteiger partial charge in [-0.1, -0.05) is 18.2 Å². The Morgan fingerprint density at radius 3 is 2.50 bits per heavy atom. The summed E-state index contributed by atoms with van der Waals surface area (Å²) in [5.41, 5.74) is 2.22. The van der Waals surface area contributed by atoms with Gasteiger partial charge in [-0.25, -0.2) is 4.99 Å². The van der Waals surface area contributed by atoms with Crippen molar-refractivity contribution in [1.29, 1.82) is 0 Å². The van der Waals surface area contributed by atoms with E-state index < -0.39 is 0 Å². The quantitative estimate of drug-likeness (QED) is 0.192. The van der Waals surface area contributed by atoms with Gasteiger partial charge in [0.15, 0.2) is 5.96 Å². The number of nitrogens with zero attached hydrogens (tertiary/aromatic N) is 1. The van der Waals surface area contributed by atoms with E-state index >= 15 is 0 Å².